The van der Waals surface area contributed by atoms with Gasteiger partial charge in [-0.3, -0.25) is 4.79 Å². The average Bonchev–Trinajstić information content (AvgIpc) is 3.34. The van der Waals surface area contributed by atoms with Gasteiger partial charge in [0.25, 0.3) is 5.91 Å². The van der Waals surface area contributed by atoms with Crippen LogP contribution in [-0.4, -0.2) is 52.0 Å². The highest BCUT2D eigenvalue weighted by Crippen LogP contribution is 2.25. The van der Waals surface area contributed by atoms with Crippen LogP contribution in [-0.2, 0) is 0 Å². The average molecular weight is 325 g/mol. The molecule has 1 aromatic heterocycles. The second-order valence-corrected chi connectivity index (χ2v) is 6.69. The molecule has 24 heavy (non-hydrogen) atoms. The van der Waals surface area contributed by atoms with Gasteiger partial charge in [-0.25, -0.2) is 0 Å². The van der Waals surface area contributed by atoms with E-state index in [2.05, 4.69) is 22.0 Å². The van der Waals surface area contributed by atoms with Gasteiger partial charge in [-0.1, -0.05) is 17.7 Å². The van der Waals surface area contributed by atoms with Crippen LogP contribution in [0.3, 0.4) is 0 Å². The van der Waals surface area contributed by atoms with Gasteiger partial charge in [0, 0.05) is 26.2 Å². The summed E-state index contributed by atoms with van der Waals surface area (Å²) in [5.41, 5.74) is 2.58. The number of carbonyl (C=O) groups excluding carboxylic acids is 1. The lowest BCUT2D eigenvalue weighted by Crippen LogP contribution is -2.30. The number of anilines is 1. The molecule has 6 heteroatoms. The highest BCUT2D eigenvalue weighted by atomic mass is 16.2. The highest BCUT2D eigenvalue weighted by Gasteiger charge is 2.30. The molecular formula is C18H23N5O. The minimum Gasteiger partial charge on any atom is -0.353 e. The summed E-state index contributed by atoms with van der Waals surface area (Å²) in [5, 5.41) is 9.24. The Labute approximate surface area is 142 Å². The molecule has 3 heterocycles. The first-order chi connectivity index (χ1) is 11.7. The van der Waals surface area contributed by atoms with E-state index < -0.39 is 0 Å². The van der Waals surface area contributed by atoms with Crippen molar-refractivity contribution >= 4 is 11.7 Å². The Morgan fingerprint density at radius 1 is 0.917 bits per heavy atom. The first kappa shape index (κ1) is 15.2. The standard InChI is InChI=1S/C18H23N5O/c1-14-6-8-15(9-7-14)23-19-16(18(24)22-12-4-5-13-22)17(20-23)21-10-2-3-11-21/h6-9H,2-5,10-13H2,1H3. The van der Waals surface area contributed by atoms with Crippen LogP contribution < -0.4 is 4.90 Å². The second-order valence-electron chi connectivity index (χ2n) is 6.69. The summed E-state index contributed by atoms with van der Waals surface area (Å²) in [4.78, 5) is 18.6. The summed E-state index contributed by atoms with van der Waals surface area (Å²) in [6, 6.07) is 8.06. The fourth-order valence-electron chi connectivity index (χ4n) is 3.44. The number of likely N-dealkylation sites (tertiary alicyclic amines) is 1. The summed E-state index contributed by atoms with van der Waals surface area (Å²) in [7, 11) is 0. The van der Waals surface area contributed by atoms with Crippen molar-refractivity contribution in [3.8, 4) is 5.69 Å². The minimum absolute atomic E-state index is 0.0211. The van der Waals surface area contributed by atoms with Crippen LogP contribution in [0.5, 0.6) is 0 Å². The molecule has 0 unspecified atom stereocenters. The maximum atomic E-state index is 12.9. The first-order valence-electron chi connectivity index (χ1n) is 8.81. The SMILES string of the molecule is Cc1ccc(-n2nc(C(=O)N3CCCC3)c(N3CCCC3)n2)cc1. The number of aryl methyl sites for hydroxylation is 1. The Bertz CT molecular complexity index is 724. The van der Waals surface area contributed by atoms with Gasteiger partial charge in [-0.2, -0.15) is 0 Å². The van der Waals surface area contributed by atoms with Crippen LogP contribution >= 0.6 is 0 Å². The number of aromatic nitrogens is 3. The number of hydrogen-bond donors (Lipinski definition) is 0. The highest BCUT2D eigenvalue weighted by molar-refractivity contribution is 5.97. The van der Waals surface area contributed by atoms with Crippen LogP contribution in [0.2, 0.25) is 0 Å². The van der Waals surface area contributed by atoms with E-state index in [9.17, 15) is 4.79 Å². The lowest BCUT2D eigenvalue weighted by atomic mass is 10.2. The largest absolute Gasteiger partial charge is 0.353 e. The molecule has 0 radical (unpaired) electrons. The van der Waals surface area contributed by atoms with Crippen LogP contribution in [0.15, 0.2) is 24.3 Å². The number of benzene rings is 1. The van der Waals surface area contributed by atoms with Crippen LogP contribution in [0.1, 0.15) is 41.7 Å². The zero-order valence-electron chi connectivity index (χ0n) is 14.1. The van der Waals surface area contributed by atoms with E-state index >= 15 is 0 Å². The molecule has 2 aromatic rings. The lowest BCUT2D eigenvalue weighted by molar-refractivity contribution is 0.0787. The maximum absolute atomic E-state index is 12.9. The van der Waals surface area contributed by atoms with Crippen molar-refractivity contribution in [3.63, 3.8) is 0 Å². The molecule has 0 atom stereocenters. The molecule has 4 rings (SSSR count). The predicted molar refractivity (Wildman–Crippen MR) is 92.7 cm³/mol. The van der Waals surface area contributed by atoms with Crippen molar-refractivity contribution < 1.29 is 4.79 Å². The molecular weight excluding hydrogens is 302 g/mol. The Hall–Kier alpha value is -2.37. The van der Waals surface area contributed by atoms with Gasteiger partial charge in [0.15, 0.2) is 11.5 Å². The van der Waals surface area contributed by atoms with Gasteiger partial charge in [-0.15, -0.1) is 15.0 Å². The normalized spacial score (nSPS) is 17.7. The number of carbonyl (C=O) groups is 1. The van der Waals surface area contributed by atoms with Crippen molar-refractivity contribution in [2.45, 2.75) is 32.6 Å². The third-order valence-electron chi connectivity index (χ3n) is 4.86. The van der Waals surface area contributed by atoms with Crippen molar-refractivity contribution in [3.05, 3.63) is 35.5 Å². The third kappa shape index (κ3) is 2.77. The van der Waals surface area contributed by atoms with Crippen molar-refractivity contribution in [2.75, 3.05) is 31.1 Å². The van der Waals surface area contributed by atoms with Crippen molar-refractivity contribution in [2.24, 2.45) is 0 Å². The summed E-state index contributed by atoms with van der Waals surface area (Å²) in [5.74, 6) is 0.762. The molecule has 2 aliphatic heterocycles. The monoisotopic (exact) mass is 325 g/mol. The third-order valence-corrected chi connectivity index (χ3v) is 4.86. The molecule has 1 aromatic carbocycles. The lowest BCUT2D eigenvalue weighted by Gasteiger charge is -2.18. The van der Waals surface area contributed by atoms with Crippen molar-refractivity contribution in [1.82, 2.24) is 19.9 Å². The molecule has 0 N–H and O–H groups in total. The molecule has 0 bridgehead atoms. The molecule has 1 amide bonds. The van der Waals surface area contributed by atoms with E-state index in [0.29, 0.717) is 5.69 Å². The van der Waals surface area contributed by atoms with Gasteiger partial charge in [-0.05, 0) is 44.7 Å². The Kier molecular flexibility index (Phi) is 3.96. The van der Waals surface area contributed by atoms with Crippen molar-refractivity contribution in [1.29, 1.82) is 0 Å². The number of nitrogens with zero attached hydrogens (tertiary/aromatic N) is 5. The zero-order valence-corrected chi connectivity index (χ0v) is 14.1. The number of hydrogen-bond acceptors (Lipinski definition) is 4. The molecule has 2 aliphatic rings. The molecule has 0 saturated carbocycles. The van der Waals surface area contributed by atoms with Crippen LogP contribution in [0.25, 0.3) is 5.69 Å². The van der Waals surface area contributed by atoms with Gasteiger partial charge in [0.1, 0.15) is 0 Å². The summed E-state index contributed by atoms with van der Waals surface area (Å²) < 4.78 is 0. The van der Waals surface area contributed by atoms with E-state index in [1.807, 2.05) is 29.2 Å². The Balaban J connectivity index is 1.72. The van der Waals surface area contributed by atoms with E-state index in [4.69, 9.17) is 0 Å². The summed E-state index contributed by atoms with van der Waals surface area (Å²) in [6.45, 7) is 5.61. The smallest absolute Gasteiger partial charge is 0.278 e. The predicted octanol–water partition coefficient (Wildman–Crippen LogP) is 2.41. The molecule has 6 nitrogen and oxygen atoms in total. The van der Waals surface area contributed by atoms with E-state index in [1.54, 1.807) is 4.80 Å². The van der Waals surface area contributed by atoms with Gasteiger partial charge < -0.3 is 9.80 Å². The minimum atomic E-state index is 0.0211. The summed E-state index contributed by atoms with van der Waals surface area (Å²) >= 11 is 0. The fourth-order valence-corrected chi connectivity index (χ4v) is 3.44. The Morgan fingerprint density at radius 2 is 1.54 bits per heavy atom. The van der Waals surface area contributed by atoms with Gasteiger partial charge >= 0.3 is 0 Å². The van der Waals surface area contributed by atoms with E-state index in [0.717, 1.165) is 63.4 Å². The summed E-state index contributed by atoms with van der Waals surface area (Å²) in [6.07, 6.45) is 4.46. The Morgan fingerprint density at radius 3 is 2.21 bits per heavy atom. The zero-order chi connectivity index (χ0) is 16.5. The molecule has 2 saturated heterocycles. The quantitative estimate of drug-likeness (QED) is 0.869. The van der Waals surface area contributed by atoms with Crippen LogP contribution in [0, 0.1) is 6.92 Å². The fraction of sp³-hybridized carbons (Fsp3) is 0.500. The maximum Gasteiger partial charge on any atom is 0.278 e. The van der Waals surface area contributed by atoms with Gasteiger partial charge in [0.05, 0.1) is 5.69 Å². The van der Waals surface area contributed by atoms with E-state index in [1.165, 1.54) is 5.56 Å². The number of amides is 1. The number of rotatable bonds is 3. The molecule has 0 spiro atoms. The molecule has 0 aliphatic carbocycles. The molecule has 126 valence electrons. The topological polar surface area (TPSA) is 54.3 Å². The second kappa shape index (κ2) is 6.26. The molecule has 2 fully saturated rings. The van der Waals surface area contributed by atoms with Gasteiger partial charge in [0.2, 0.25) is 0 Å². The van der Waals surface area contributed by atoms with Crippen LogP contribution in [0.4, 0.5) is 5.82 Å². The van der Waals surface area contributed by atoms with E-state index in [-0.39, 0.29) is 5.91 Å². The first-order valence-corrected chi connectivity index (χ1v) is 8.81.